The molecule has 3 rings (SSSR count). The predicted octanol–water partition coefficient (Wildman–Crippen LogP) is 3.67. The number of hydrogen-bond donors (Lipinski definition) is 1. The SMILES string of the molecule is CCCCc1ccc(NC(=O)C2CCN(c3cnccn3)CC2)cc1. The van der Waals surface area contributed by atoms with Crippen molar-refractivity contribution in [1.29, 1.82) is 0 Å². The van der Waals surface area contributed by atoms with Crippen LogP contribution in [0.3, 0.4) is 0 Å². The lowest BCUT2D eigenvalue weighted by molar-refractivity contribution is -0.120. The van der Waals surface area contributed by atoms with Crippen LogP contribution in [0.15, 0.2) is 42.9 Å². The second kappa shape index (κ2) is 8.60. The van der Waals surface area contributed by atoms with E-state index in [1.807, 2.05) is 12.1 Å². The zero-order chi connectivity index (χ0) is 17.5. The van der Waals surface area contributed by atoms with E-state index in [0.29, 0.717) is 0 Å². The van der Waals surface area contributed by atoms with E-state index in [2.05, 4.69) is 39.2 Å². The Bertz CT molecular complexity index is 664. The zero-order valence-electron chi connectivity index (χ0n) is 14.8. The molecule has 25 heavy (non-hydrogen) atoms. The van der Waals surface area contributed by atoms with Crippen LogP contribution in [-0.4, -0.2) is 29.0 Å². The summed E-state index contributed by atoms with van der Waals surface area (Å²) in [5.41, 5.74) is 2.22. The Kier molecular flexibility index (Phi) is 5.99. The molecule has 5 heteroatoms. The minimum absolute atomic E-state index is 0.0627. The van der Waals surface area contributed by atoms with Crippen LogP contribution in [0.4, 0.5) is 11.5 Å². The first-order chi connectivity index (χ1) is 12.3. The number of aryl methyl sites for hydroxylation is 1. The third-order valence-corrected chi connectivity index (χ3v) is 4.78. The third-order valence-electron chi connectivity index (χ3n) is 4.78. The van der Waals surface area contributed by atoms with E-state index in [1.54, 1.807) is 18.6 Å². The first-order valence-electron chi connectivity index (χ1n) is 9.17. The Morgan fingerprint density at radius 2 is 1.96 bits per heavy atom. The molecule has 0 radical (unpaired) electrons. The van der Waals surface area contributed by atoms with Crippen molar-refractivity contribution >= 4 is 17.4 Å². The van der Waals surface area contributed by atoms with Crippen LogP contribution >= 0.6 is 0 Å². The van der Waals surface area contributed by atoms with Gasteiger partial charge in [0.05, 0.1) is 6.20 Å². The maximum atomic E-state index is 12.5. The molecule has 2 aromatic rings. The molecule has 1 aromatic heterocycles. The zero-order valence-corrected chi connectivity index (χ0v) is 14.8. The first-order valence-corrected chi connectivity index (χ1v) is 9.17. The van der Waals surface area contributed by atoms with Gasteiger partial charge < -0.3 is 10.2 Å². The van der Waals surface area contributed by atoms with Gasteiger partial charge in [0, 0.05) is 37.1 Å². The molecule has 132 valence electrons. The van der Waals surface area contributed by atoms with Crippen LogP contribution < -0.4 is 10.2 Å². The molecular formula is C20H26N4O. The van der Waals surface area contributed by atoms with Crippen molar-refractivity contribution in [2.45, 2.75) is 39.0 Å². The summed E-state index contributed by atoms with van der Waals surface area (Å²) in [5, 5.41) is 3.06. The van der Waals surface area contributed by atoms with Gasteiger partial charge in [0.15, 0.2) is 0 Å². The average Bonchev–Trinajstić information content (AvgIpc) is 2.68. The van der Waals surface area contributed by atoms with Crippen LogP contribution in [0.2, 0.25) is 0 Å². The van der Waals surface area contributed by atoms with Crippen molar-refractivity contribution in [2.75, 3.05) is 23.3 Å². The van der Waals surface area contributed by atoms with Crippen molar-refractivity contribution in [3.05, 3.63) is 48.4 Å². The average molecular weight is 338 g/mol. The quantitative estimate of drug-likeness (QED) is 0.873. The van der Waals surface area contributed by atoms with E-state index in [-0.39, 0.29) is 11.8 Å². The summed E-state index contributed by atoms with van der Waals surface area (Å²) in [6.45, 7) is 3.88. The smallest absolute Gasteiger partial charge is 0.227 e. The summed E-state index contributed by atoms with van der Waals surface area (Å²) in [4.78, 5) is 23.1. The van der Waals surface area contributed by atoms with Gasteiger partial charge >= 0.3 is 0 Å². The summed E-state index contributed by atoms with van der Waals surface area (Å²) < 4.78 is 0. The number of rotatable bonds is 6. The number of aromatic nitrogens is 2. The number of nitrogens with zero attached hydrogens (tertiary/aromatic N) is 3. The number of anilines is 2. The van der Waals surface area contributed by atoms with E-state index in [9.17, 15) is 4.79 Å². The fraction of sp³-hybridized carbons (Fsp3) is 0.450. The van der Waals surface area contributed by atoms with Crippen LogP contribution in [0, 0.1) is 5.92 Å². The van der Waals surface area contributed by atoms with Gasteiger partial charge in [0.1, 0.15) is 5.82 Å². The van der Waals surface area contributed by atoms with Gasteiger partial charge in [-0.25, -0.2) is 4.98 Å². The number of piperidine rings is 1. The Balaban J connectivity index is 1.49. The van der Waals surface area contributed by atoms with Crippen molar-refractivity contribution in [1.82, 2.24) is 9.97 Å². The summed E-state index contributed by atoms with van der Waals surface area (Å²) in [5.74, 6) is 1.08. The van der Waals surface area contributed by atoms with Crippen LogP contribution in [0.5, 0.6) is 0 Å². The van der Waals surface area contributed by atoms with Crippen LogP contribution in [0.25, 0.3) is 0 Å². The molecule has 1 amide bonds. The van der Waals surface area contributed by atoms with Gasteiger partial charge in [-0.1, -0.05) is 25.5 Å². The first kappa shape index (κ1) is 17.4. The topological polar surface area (TPSA) is 58.1 Å². The number of carbonyl (C=O) groups is 1. The molecule has 0 atom stereocenters. The fourth-order valence-corrected chi connectivity index (χ4v) is 3.21. The van der Waals surface area contributed by atoms with E-state index >= 15 is 0 Å². The molecule has 2 heterocycles. The van der Waals surface area contributed by atoms with Gasteiger partial charge in [-0.05, 0) is 43.4 Å². The molecule has 5 nitrogen and oxygen atoms in total. The predicted molar refractivity (Wildman–Crippen MR) is 101 cm³/mol. The molecule has 1 N–H and O–H groups in total. The van der Waals surface area contributed by atoms with Crippen molar-refractivity contribution < 1.29 is 4.79 Å². The number of nitrogens with one attached hydrogen (secondary N) is 1. The monoisotopic (exact) mass is 338 g/mol. The highest BCUT2D eigenvalue weighted by molar-refractivity contribution is 5.92. The van der Waals surface area contributed by atoms with Gasteiger partial charge in [-0.2, -0.15) is 0 Å². The van der Waals surface area contributed by atoms with Crippen molar-refractivity contribution in [2.24, 2.45) is 5.92 Å². The Morgan fingerprint density at radius 3 is 2.60 bits per heavy atom. The lowest BCUT2D eigenvalue weighted by Gasteiger charge is -2.31. The van der Waals surface area contributed by atoms with E-state index in [0.717, 1.165) is 43.9 Å². The summed E-state index contributed by atoms with van der Waals surface area (Å²) >= 11 is 0. The lowest BCUT2D eigenvalue weighted by Crippen LogP contribution is -2.38. The second-order valence-corrected chi connectivity index (χ2v) is 6.61. The molecular weight excluding hydrogens is 312 g/mol. The Hall–Kier alpha value is -2.43. The minimum Gasteiger partial charge on any atom is -0.355 e. The summed E-state index contributed by atoms with van der Waals surface area (Å²) in [7, 11) is 0. The molecule has 1 fully saturated rings. The van der Waals surface area contributed by atoms with Gasteiger partial charge in [-0.3, -0.25) is 9.78 Å². The maximum Gasteiger partial charge on any atom is 0.227 e. The largest absolute Gasteiger partial charge is 0.355 e. The second-order valence-electron chi connectivity index (χ2n) is 6.61. The normalized spacial score (nSPS) is 15.2. The molecule has 1 aliphatic rings. The summed E-state index contributed by atoms with van der Waals surface area (Å²) in [6.07, 6.45) is 10.4. The number of carbonyl (C=O) groups excluding carboxylic acids is 1. The minimum atomic E-state index is 0.0627. The van der Waals surface area contributed by atoms with E-state index in [4.69, 9.17) is 0 Å². The molecule has 0 bridgehead atoms. The third kappa shape index (κ3) is 4.78. The van der Waals surface area contributed by atoms with Gasteiger partial charge in [-0.15, -0.1) is 0 Å². The molecule has 0 aliphatic carbocycles. The maximum absolute atomic E-state index is 12.5. The highest BCUT2D eigenvalue weighted by Gasteiger charge is 2.25. The van der Waals surface area contributed by atoms with Crippen molar-refractivity contribution in [3.63, 3.8) is 0 Å². The number of amides is 1. The highest BCUT2D eigenvalue weighted by atomic mass is 16.1. The van der Waals surface area contributed by atoms with Gasteiger partial charge in [0.2, 0.25) is 5.91 Å². The fourth-order valence-electron chi connectivity index (χ4n) is 3.21. The number of unbranched alkanes of at least 4 members (excludes halogenated alkanes) is 1. The molecule has 1 saturated heterocycles. The molecule has 0 saturated carbocycles. The van der Waals surface area contributed by atoms with E-state index in [1.165, 1.54) is 18.4 Å². The van der Waals surface area contributed by atoms with Gasteiger partial charge in [0.25, 0.3) is 0 Å². The molecule has 1 aliphatic heterocycles. The molecule has 0 unspecified atom stereocenters. The van der Waals surface area contributed by atoms with Crippen LogP contribution in [-0.2, 0) is 11.2 Å². The molecule has 1 aromatic carbocycles. The number of hydrogen-bond acceptors (Lipinski definition) is 4. The van der Waals surface area contributed by atoms with Crippen molar-refractivity contribution in [3.8, 4) is 0 Å². The highest BCUT2D eigenvalue weighted by Crippen LogP contribution is 2.22. The lowest BCUT2D eigenvalue weighted by atomic mass is 9.96. The molecule has 0 spiro atoms. The number of benzene rings is 1. The van der Waals surface area contributed by atoms with Crippen LogP contribution in [0.1, 0.15) is 38.2 Å². The standard InChI is InChI=1S/C20H26N4O/c1-2-3-4-16-5-7-18(8-6-16)23-20(25)17-9-13-24(14-10-17)19-15-21-11-12-22-19/h5-8,11-12,15,17H,2-4,9-10,13-14H2,1H3,(H,23,25). The Labute approximate surface area is 149 Å². The Morgan fingerprint density at radius 1 is 1.20 bits per heavy atom. The van der Waals surface area contributed by atoms with E-state index < -0.39 is 0 Å². The summed E-state index contributed by atoms with van der Waals surface area (Å²) in [6, 6.07) is 8.25.